The maximum atomic E-state index is 11.9. The van der Waals surface area contributed by atoms with Gasteiger partial charge in [-0.3, -0.25) is 0 Å². The number of nitrogens with one attached hydrogen (secondary N) is 1. The Bertz CT molecular complexity index is 202. The van der Waals surface area contributed by atoms with Crippen LogP contribution in [0.4, 0.5) is 13.2 Å². The first-order valence-corrected chi connectivity index (χ1v) is 6.35. The second kappa shape index (κ2) is 7.21. The summed E-state index contributed by atoms with van der Waals surface area (Å²) < 4.78 is 41.1. The molecule has 1 rings (SSSR count). The van der Waals surface area contributed by atoms with Gasteiger partial charge in [-0.15, -0.1) is 0 Å². The zero-order chi connectivity index (χ0) is 12.7. The van der Waals surface area contributed by atoms with E-state index in [4.69, 9.17) is 4.74 Å². The molecule has 5 heteroatoms. The maximum absolute atomic E-state index is 11.9. The lowest BCUT2D eigenvalue weighted by atomic mass is 10.00. The van der Waals surface area contributed by atoms with Crippen LogP contribution in [0.2, 0.25) is 0 Å². The molecule has 0 bridgehead atoms. The number of ether oxygens (including phenoxy) is 1. The molecule has 102 valence electrons. The molecule has 1 saturated heterocycles. The molecule has 2 nitrogen and oxygen atoms in total. The summed E-state index contributed by atoms with van der Waals surface area (Å²) in [5.41, 5.74) is 0. The topological polar surface area (TPSA) is 21.3 Å². The molecule has 17 heavy (non-hydrogen) atoms. The van der Waals surface area contributed by atoms with Crippen molar-refractivity contribution in [2.45, 2.75) is 51.2 Å². The van der Waals surface area contributed by atoms with Crippen molar-refractivity contribution < 1.29 is 17.9 Å². The van der Waals surface area contributed by atoms with Crippen molar-refractivity contribution in [2.75, 3.05) is 19.8 Å². The molecule has 1 aliphatic heterocycles. The minimum absolute atomic E-state index is 0.167. The Morgan fingerprint density at radius 3 is 2.53 bits per heavy atom. The Hall–Kier alpha value is -0.290. The minimum atomic E-state index is -4.01. The van der Waals surface area contributed by atoms with E-state index in [9.17, 15) is 13.2 Å². The van der Waals surface area contributed by atoms with E-state index in [1.54, 1.807) is 0 Å². The fraction of sp³-hybridized carbons (Fsp3) is 1.00. The monoisotopic (exact) mass is 253 g/mol. The molecule has 0 radical (unpaired) electrons. The third-order valence-electron chi connectivity index (χ3n) is 3.19. The zero-order valence-electron chi connectivity index (χ0n) is 10.4. The lowest BCUT2D eigenvalue weighted by Crippen LogP contribution is -2.33. The van der Waals surface area contributed by atoms with Crippen molar-refractivity contribution in [2.24, 2.45) is 5.92 Å². The summed E-state index contributed by atoms with van der Waals surface area (Å²) in [4.78, 5) is 0. The highest BCUT2D eigenvalue weighted by molar-refractivity contribution is 4.69. The molecule has 0 aromatic heterocycles. The molecule has 0 amide bonds. The van der Waals surface area contributed by atoms with E-state index in [1.807, 2.05) is 6.92 Å². The summed E-state index contributed by atoms with van der Waals surface area (Å²) in [6, 6.07) is 0.167. The van der Waals surface area contributed by atoms with Gasteiger partial charge in [0.2, 0.25) is 0 Å². The zero-order valence-corrected chi connectivity index (χ0v) is 10.4. The smallest absolute Gasteiger partial charge is 0.381 e. The van der Waals surface area contributed by atoms with Crippen molar-refractivity contribution in [1.82, 2.24) is 5.32 Å². The molecule has 0 aromatic carbocycles. The Morgan fingerprint density at radius 1 is 1.29 bits per heavy atom. The van der Waals surface area contributed by atoms with E-state index in [-0.39, 0.29) is 12.5 Å². The van der Waals surface area contributed by atoms with E-state index < -0.39 is 12.6 Å². The molecule has 0 spiro atoms. The maximum Gasteiger partial charge on any atom is 0.389 e. The van der Waals surface area contributed by atoms with Crippen LogP contribution in [0.15, 0.2) is 0 Å². The molecule has 1 atom stereocenters. The number of hydrogen-bond donors (Lipinski definition) is 1. The number of alkyl halides is 3. The van der Waals surface area contributed by atoms with Gasteiger partial charge in [0.15, 0.2) is 0 Å². The lowest BCUT2D eigenvalue weighted by molar-refractivity contribution is -0.135. The Labute approximate surface area is 101 Å². The summed E-state index contributed by atoms with van der Waals surface area (Å²) in [5, 5.41) is 3.32. The average Bonchev–Trinajstić information content (AvgIpc) is 2.26. The Morgan fingerprint density at radius 2 is 1.94 bits per heavy atom. The fourth-order valence-corrected chi connectivity index (χ4v) is 2.03. The first-order chi connectivity index (χ1) is 7.97. The molecular weight excluding hydrogens is 231 g/mol. The molecular formula is C12H22F3NO. The van der Waals surface area contributed by atoms with Crippen LogP contribution in [-0.2, 0) is 4.74 Å². The van der Waals surface area contributed by atoms with Gasteiger partial charge in [0.1, 0.15) is 0 Å². The van der Waals surface area contributed by atoms with Crippen LogP contribution in [0, 0.1) is 5.92 Å². The van der Waals surface area contributed by atoms with Crippen LogP contribution in [0.5, 0.6) is 0 Å². The molecule has 1 aliphatic rings. The average molecular weight is 253 g/mol. The van der Waals surface area contributed by atoms with Gasteiger partial charge in [-0.2, -0.15) is 13.2 Å². The number of rotatable bonds is 6. The fourth-order valence-electron chi connectivity index (χ4n) is 2.03. The summed E-state index contributed by atoms with van der Waals surface area (Å²) >= 11 is 0. The van der Waals surface area contributed by atoms with Gasteiger partial charge in [0, 0.05) is 25.7 Å². The number of hydrogen-bond acceptors (Lipinski definition) is 2. The van der Waals surface area contributed by atoms with Crippen LogP contribution in [0.1, 0.15) is 39.0 Å². The van der Waals surface area contributed by atoms with Gasteiger partial charge in [-0.1, -0.05) is 0 Å². The summed E-state index contributed by atoms with van der Waals surface area (Å²) in [7, 11) is 0. The largest absolute Gasteiger partial charge is 0.389 e. The van der Waals surface area contributed by atoms with Gasteiger partial charge in [0.05, 0.1) is 0 Å². The minimum Gasteiger partial charge on any atom is -0.381 e. The molecule has 0 saturated carbocycles. The first-order valence-electron chi connectivity index (χ1n) is 6.35. The molecule has 0 aliphatic carbocycles. The molecule has 1 N–H and O–H groups in total. The first kappa shape index (κ1) is 14.8. The van der Waals surface area contributed by atoms with Crippen LogP contribution in [0.25, 0.3) is 0 Å². The summed E-state index contributed by atoms with van der Waals surface area (Å²) in [6.07, 6.45) is -1.77. The van der Waals surface area contributed by atoms with E-state index in [0.29, 0.717) is 12.3 Å². The van der Waals surface area contributed by atoms with E-state index in [2.05, 4.69) is 5.32 Å². The van der Waals surface area contributed by atoms with Crippen LogP contribution in [-0.4, -0.2) is 32.0 Å². The highest BCUT2D eigenvalue weighted by Crippen LogP contribution is 2.22. The van der Waals surface area contributed by atoms with E-state index in [0.717, 1.165) is 32.6 Å². The van der Waals surface area contributed by atoms with E-state index in [1.165, 1.54) is 0 Å². The Balaban J connectivity index is 2.02. The summed E-state index contributed by atoms with van der Waals surface area (Å²) in [6.45, 7) is 4.48. The Kier molecular flexibility index (Phi) is 6.27. The van der Waals surface area contributed by atoms with Crippen molar-refractivity contribution in [3.05, 3.63) is 0 Å². The van der Waals surface area contributed by atoms with Crippen LogP contribution < -0.4 is 5.32 Å². The third-order valence-corrected chi connectivity index (χ3v) is 3.19. The molecule has 1 fully saturated rings. The van der Waals surface area contributed by atoms with Crippen LogP contribution in [0.3, 0.4) is 0 Å². The van der Waals surface area contributed by atoms with Gasteiger partial charge < -0.3 is 10.1 Å². The second-order valence-corrected chi connectivity index (χ2v) is 4.87. The molecule has 1 heterocycles. The van der Waals surface area contributed by atoms with Gasteiger partial charge in [-0.05, 0) is 45.1 Å². The highest BCUT2D eigenvalue weighted by atomic mass is 19.4. The quantitative estimate of drug-likeness (QED) is 0.785. The van der Waals surface area contributed by atoms with Crippen molar-refractivity contribution in [3.63, 3.8) is 0 Å². The van der Waals surface area contributed by atoms with Crippen molar-refractivity contribution >= 4 is 0 Å². The molecule has 1 unspecified atom stereocenters. The summed E-state index contributed by atoms with van der Waals surface area (Å²) in [5.74, 6) is 0.619. The standard InChI is InChI=1S/C12H22F3NO/c1-10(3-2-6-12(13,14)15)16-9-11-4-7-17-8-5-11/h10-11,16H,2-9H2,1H3. The lowest BCUT2D eigenvalue weighted by Gasteiger charge is -2.24. The van der Waals surface area contributed by atoms with E-state index >= 15 is 0 Å². The normalized spacial score (nSPS) is 20.5. The predicted molar refractivity (Wildman–Crippen MR) is 60.9 cm³/mol. The van der Waals surface area contributed by atoms with Gasteiger partial charge in [0.25, 0.3) is 0 Å². The van der Waals surface area contributed by atoms with Crippen molar-refractivity contribution in [3.8, 4) is 0 Å². The van der Waals surface area contributed by atoms with Gasteiger partial charge >= 0.3 is 6.18 Å². The third kappa shape index (κ3) is 7.60. The van der Waals surface area contributed by atoms with Crippen molar-refractivity contribution in [1.29, 1.82) is 0 Å². The SMILES string of the molecule is CC(CCCC(F)(F)F)NCC1CCOCC1. The predicted octanol–water partition coefficient (Wildman–Crippen LogP) is 3.12. The number of halogens is 3. The van der Waals surface area contributed by atoms with Crippen LogP contribution >= 0.6 is 0 Å². The molecule has 0 aromatic rings. The highest BCUT2D eigenvalue weighted by Gasteiger charge is 2.26. The van der Waals surface area contributed by atoms with Gasteiger partial charge in [-0.25, -0.2) is 0 Å². The second-order valence-electron chi connectivity index (χ2n) is 4.87.